The van der Waals surface area contributed by atoms with Gasteiger partial charge in [0.1, 0.15) is 5.82 Å². The van der Waals surface area contributed by atoms with Crippen LogP contribution in [0.5, 0.6) is 0 Å². The molecule has 0 heterocycles. The Morgan fingerprint density at radius 1 is 1.19 bits per heavy atom. The molecule has 21 heavy (non-hydrogen) atoms. The van der Waals surface area contributed by atoms with Crippen LogP contribution in [-0.4, -0.2) is 5.11 Å². The molecule has 1 nitrogen and oxygen atoms in total. The van der Waals surface area contributed by atoms with Gasteiger partial charge in [-0.05, 0) is 72.9 Å². The van der Waals surface area contributed by atoms with Gasteiger partial charge in [-0.15, -0.1) is 0 Å². The van der Waals surface area contributed by atoms with E-state index in [0.29, 0.717) is 0 Å². The van der Waals surface area contributed by atoms with Gasteiger partial charge in [-0.2, -0.15) is 0 Å². The molecular formula is C19H21FO. The van der Waals surface area contributed by atoms with Gasteiger partial charge in [0.15, 0.2) is 0 Å². The lowest BCUT2D eigenvalue weighted by molar-refractivity contribution is 0.105. The van der Waals surface area contributed by atoms with E-state index in [0.717, 1.165) is 42.4 Å². The maximum atomic E-state index is 13.2. The van der Waals surface area contributed by atoms with Crippen LogP contribution in [-0.2, 0) is 12.8 Å². The van der Waals surface area contributed by atoms with E-state index in [4.69, 9.17) is 0 Å². The van der Waals surface area contributed by atoms with E-state index in [1.807, 2.05) is 31.2 Å². The molecule has 1 N–H and O–H groups in total. The van der Waals surface area contributed by atoms with Gasteiger partial charge in [-0.1, -0.05) is 30.3 Å². The lowest BCUT2D eigenvalue weighted by atomic mass is 9.87. The SMILES string of the molecule is Cc1cc(F)ccc1CC1CCCc2ccccc2C1O. The average Bonchev–Trinajstić information content (AvgIpc) is 2.63. The van der Waals surface area contributed by atoms with Crippen LogP contribution in [0.1, 0.15) is 41.2 Å². The molecule has 2 atom stereocenters. The fourth-order valence-corrected chi connectivity index (χ4v) is 3.40. The minimum Gasteiger partial charge on any atom is -0.388 e. The summed E-state index contributed by atoms with van der Waals surface area (Å²) in [7, 11) is 0. The number of rotatable bonds is 2. The molecule has 1 aliphatic rings. The first-order valence-electron chi connectivity index (χ1n) is 7.66. The summed E-state index contributed by atoms with van der Waals surface area (Å²) >= 11 is 0. The quantitative estimate of drug-likeness (QED) is 0.812. The Bertz CT molecular complexity index is 635. The van der Waals surface area contributed by atoms with Crippen molar-refractivity contribution in [3.8, 4) is 0 Å². The van der Waals surface area contributed by atoms with E-state index < -0.39 is 6.10 Å². The molecule has 1 aliphatic carbocycles. The van der Waals surface area contributed by atoms with Crippen LogP contribution >= 0.6 is 0 Å². The van der Waals surface area contributed by atoms with E-state index in [1.165, 1.54) is 11.6 Å². The highest BCUT2D eigenvalue weighted by Gasteiger charge is 2.26. The minimum absolute atomic E-state index is 0.192. The van der Waals surface area contributed by atoms with Crippen LogP contribution in [0, 0.1) is 18.7 Å². The highest BCUT2D eigenvalue weighted by molar-refractivity contribution is 5.32. The van der Waals surface area contributed by atoms with Gasteiger partial charge in [0.25, 0.3) is 0 Å². The van der Waals surface area contributed by atoms with E-state index in [2.05, 4.69) is 6.07 Å². The summed E-state index contributed by atoms with van der Waals surface area (Å²) in [5.41, 5.74) is 4.45. The molecule has 2 aromatic rings. The summed E-state index contributed by atoms with van der Waals surface area (Å²) in [6.45, 7) is 1.94. The molecular weight excluding hydrogens is 263 g/mol. The summed E-state index contributed by atoms with van der Waals surface area (Å²) in [6.07, 6.45) is 3.52. The van der Waals surface area contributed by atoms with Gasteiger partial charge in [-0.3, -0.25) is 0 Å². The van der Waals surface area contributed by atoms with Crippen molar-refractivity contribution in [2.75, 3.05) is 0 Å². The molecule has 0 aromatic heterocycles. The average molecular weight is 284 g/mol. The highest BCUT2D eigenvalue weighted by atomic mass is 19.1. The molecule has 0 saturated heterocycles. The van der Waals surface area contributed by atoms with Gasteiger partial charge in [0.2, 0.25) is 0 Å². The van der Waals surface area contributed by atoms with E-state index in [9.17, 15) is 9.50 Å². The molecule has 0 amide bonds. The van der Waals surface area contributed by atoms with Crippen molar-refractivity contribution in [2.24, 2.45) is 5.92 Å². The van der Waals surface area contributed by atoms with Gasteiger partial charge < -0.3 is 5.11 Å². The number of hydrogen-bond acceptors (Lipinski definition) is 1. The second-order valence-electron chi connectivity index (χ2n) is 6.07. The third kappa shape index (κ3) is 3.01. The van der Waals surface area contributed by atoms with Crippen LogP contribution in [0.2, 0.25) is 0 Å². The predicted molar refractivity (Wildman–Crippen MR) is 82.7 cm³/mol. The fraction of sp³-hybridized carbons (Fsp3) is 0.368. The number of hydrogen-bond donors (Lipinski definition) is 1. The molecule has 0 aliphatic heterocycles. The first kappa shape index (κ1) is 14.3. The zero-order valence-electron chi connectivity index (χ0n) is 12.3. The van der Waals surface area contributed by atoms with E-state index >= 15 is 0 Å². The monoisotopic (exact) mass is 284 g/mol. The lowest BCUT2D eigenvalue weighted by Gasteiger charge is -2.22. The molecule has 0 radical (unpaired) electrons. The number of aryl methyl sites for hydroxylation is 2. The maximum absolute atomic E-state index is 13.2. The summed E-state index contributed by atoms with van der Waals surface area (Å²) in [5.74, 6) is 0.0146. The van der Waals surface area contributed by atoms with Crippen molar-refractivity contribution >= 4 is 0 Å². The summed E-state index contributed by atoms with van der Waals surface area (Å²) in [6, 6.07) is 13.1. The van der Waals surface area contributed by atoms with Crippen LogP contribution in [0.15, 0.2) is 42.5 Å². The van der Waals surface area contributed by atoms with Gasteiger partial charge in [0, 0.05) is 0 Å². The second kappa shape index (κ2) is 5.98. The number of fused-ring (bicyclic) bond motifs is 1. The first-order chi connectivity index (χ1) is 10.1. The first-order valence-corrected chi connectivity index (χ1v) is 7.66. The molecule has 0 bridgehead atoms. The van der Waals surface area contributed by atoms with Crippen LogP contribution in [0.4, 0.5) is 4.39 Å². The summed E-state index contributed by atoms with van der Waals surface area (Å²) in [5, 5.41) is 10.7. The third-order valence-electron chi connectivity index (χ3n) is 4.63. The Hall–Kier alpha value is -1.67. The molecule has 2 heteroatoms. The molecule has 0 fully saturated rings. The second-order valence-corrected chi connectivity index (χ2v) is 6.07. The summed E-state index contributed by atoms with van der Waals surface area (Å²) < 4.78 is 13.2. The van der Waals surface area contributed by atoms with Crippen LogP contribution < -0.4 is 0 Å². The number of aliphatic hydroxyl groups is 1. The standard InChI is InChI=1S/C19H21FO/c1-13-11-17(20)10-9-15(13)12-16-7-4-6-14-5-2-3-8-18(14)19(16)21/h2-3,5,8-11,16,19,21H,4,6-7,12H2,1H3. The molecule has 0 saturated carbocycles. The number of aliphatic hydroxyl groups excluding tert-OH is 1. The van der Waals surface area contributed by atoms with Gasteiger partial charge in [0.05, 0.1) is 6.10 Å². The van der Waals surface area contributed by atoms with Gasteiger partial charge >= 0.3 is 0 Å². The van der Waals surface area contributed by atoms with Crippen molar-refractivity contribution in [2.45, 2.75) is 38.7 Å². The Kier molecular flexibility index (Phi) is 4.07. The van der Waals surface area contributed by atoms with Crippen molar-refractivity contribution < 1.29 is 9.50 Å². The van der Waals surface area contributed by atoms with Crippen molar-refractivity contribution in [1.82, 2.24) is 0 Å². The van der Waals surface area contributed by atoms with E-state index in [1.54, 1.807) is 6.07 Å². The third-order valence-corrected chi connectivity index (χ3v) is 4.63. The topological polar surface area (TPSA) is 20.2 Å². The zero-order valence-corrected chi connectivity index (χ0v) is 12.3. The fourth-order valence-electron chi connectivity index (χ4n) is 3.40. The maximum Gasteiger partial charge on any atom is 0.123 e. The Morgan fingerprint density at radius 3 is 2.81 bits per heavy atom. The number of halogens is 1. The van der Waals surface area contributed by atoms with Crippen LogP contribution in [0.3, 0.4) is 0 Å². The molecule has 2 unspecified atom stereocenters. The van der Waals surface area contributed by atoms with Crippen LogP contribution in [0.25, 0.3) is 0 Å². The van der Waals surface area contributed by atoms with Crippen molar-refractivity contribution in [3.63, 3.8) is 0 Å². The smallest absolute Gasteiger partial charge is 0.123 e. The number of benzene rings is 2. The molecule has 110 valence electrons. The Balaban J connectivity index is 1.86. The molecule has 3 rings (SSSR count). The molecule has 2 aromatic carbocycles. The minimum atomic E-state index is -0.423. The van der Waals surface area contributed by atoms with Gasteiger partial charge in [-0.25, -0.2) is 4.39 Å². The highest BCUT2D eigenvalue weighted by Crippen LogP contribution is 2.35. The normalized spacial score (nSPS) is 21.7. The Labute approximate surface area is 125 Å². The Morgan fingerprint density at radius 2 is 2.00 bits per heavy atom. The van der Waals surface area contributed by atoms with E-state index in [-0.39, 0.29) is 11.7 Å². The lowest BCUT2D eigenvalue weighted by Crippen LogP contribution is -2.15. The predicted octanol–water partition coefficient (Wildman–Crippen LogP) is 4.36. The van der Waals surface area contributed by atoms with Crippen molar-refractivity contribution in [1.29, 1.82) is 0 Å². The van der Waals surface area contributed by atoms with Crippen molar-refractivity contribution in [3.05, 3.63) is 70.5 Å². The largest absolute Gasteiger partial charge is 0.388 e. The molecule has 0 spiro atoms. The summed E-state index contributed by atoms with van der Waals surface area (Å²) in [4.78, 5) is 0. The zero-order chi connectivity index (χ0) is 14.8.